The van der Waals surface area contributed by atoms with Crippen LogP contribution in [0.2, 0.25) is 0 Å². The number of fused-ring (bicyclic) bond motifs is 1. The number of nitrogens with two attached hydrogens (primary N) is 1. The summed E-state index contributed by atoms with van der Waals surface area (Å²) in [4.78, 5) is 43.3. The Morgan fingerprint density at radius 2 is 1.90 bits per heavy atom. The summed E-state index contributed by atoms with van der Waals surface area (Å²) in [6.07, 6.45) is 9.92. The predicted molar refractivity (Wildman–Crippen MR) is 147 cm³/mol. The van der Waals surface area contributed by atoms with Crippen molar-refractivity contribution in [1.29, 1.82) is 0 Å². The van der Waals surface area contributed by atoms with E-state index in [2.05, 4.69) is 33.7 Å². The molecule has 3 atom stereocenters. The first-order chi connectivity index (χ1) is 18.8. The Morgan fingerprint density at radius 1 is 1.10 bits per heavy atom. The minimum atomic E-state index is -0.352. The number of ketones is 1. The topological polar surface area (TPSA) is 109 Å². The van der Waals surface area contributed by atoms with Gasteiger partial charge >= 0.3 is 6.15 Å². The number of hydrogen-bond acceptors (Lipinski definition) is 8. The molecule has 206 valence electrons. The highest BCUT2D eigenvalue weighted by molar-refractivity contribution is 6.08. The molecule has 1 saturated heterocycles. The highest BCUT2D eigenvalue weighted by atomic mass is 19.1. The van der Waals surface area contributed by atoms with Gasteiger partial charge in [-0.15, -0.1) is 0 Å². The monoisotopic (exact) mass is 533 g/mol. The van der Waals surface area contributed by atoms with Gasteiger partial charge in [-0.1, -0.05) is 6.92 Å². The molecule has 0 spiro atoms. The molecule has 2 fully saturated rings. The maximum Gasteiger partial charge on any atom is 0.373 e. The zero-order chi connectivity index (χ0) is 27.9. The van der Waals surface area contributed by atoms with Crippen LogP contribution in [0.15, 0.2) is 42.9 Å². The number of likely N-dealkylation sites (N-methyl/N-ethyl adjacent to an activating group) is 1. The van der Waals surface area contributed by atoms with E-state index < -0.39 is 0 Å². The third-order valence-corrected chi connectivity index (χ3v) is 7.88. The SMILES string of the molecule is C[C@@H]1C[C@H](N)C[C@H](c2ccncc2CC(=O)c2ccc(F)c3cc(N4CCCN(C)CC4)cnc23)C1.O=C=O. The third kappa shape index (κ3) is 6.92. The van der Waals surface area contributed by atoms with E-state index in [0.29, 0.717) is 28.3 Å². The van der Waals surface area contributed by atoms with Gasteiger partial charge in [0.25, 0.3) is 0 Å². The van der Waals surface area contributed by atoms with Gasteiger partial charge in [-0.3, -0.25) is 14.8 Å². The maximum atomic E-state index is 14.9. The number of nitrogens with zero attached hydrogens (tertiary/aromatic N) is 4. The number of pyridine rings is 2. The molecule has 5 rings (SSSR count). The standard InChI is InChI=1S/C29H36FN5O.CO2/c1-19-12-20(14-22(31)13-19)24-6-7-32-17-21(24)15-28(36)25-4-5-27(30)26-16-23(18-33-29(25)26)35-9-3-8-34(2)10-11-35;2-1-3/h4-7,16-20,22H,3,8-15,31H2,1-2H3;/t19-,20+,22-;/m0./s1. The van der Waals surface area contributed by atoms with Gasteiger partial charge in [0.2, 0.25) is 0 Å². The van der Waals surface area contributed by atoms with E-state index in [-0.39, 0.29) is 30.2 Å². The number of Topliss-reactive ketones (excluding diaryl/α,β-unsaturated/α-hetero) is 1. The van der Waals surface area contributed by atoms with Gasteiger partial charge in [0.15, 0.2) is 5.78 Å². The minimum Gasteiger partial charge on any atom is -0.369 e. The summed E-state index contributed by atoms with van der Waals surface area (Å²) in [5.41, 5.74) is 10.2. The Hall–Kier alpha value is -3.52. The van der Waals surface area contributed by atoms with Gasteiger partial charge in [0, 0.05) is 55.4 Å². The maximum absolute atomic E-state index is 14.9. The fourth-order valence-corrected chi connectivity index (χ4v) is 6.04. The molecule has 0 amide bonds. The van der Waals surface area contributed by atoms with Crippen molar-refractivity contribution in [2.45, 2.75) is 51.0 Å². The summed E-state index contributed by atoms with van der Waals surface area (Å²) in [6, 6.07) is 7.02. The number of aromatic nitrogens is 2. The molecular formula is C30H36FN5O3. The molecule has 1 aromatic carbocycles. The molecule has 2 N–H and O–H groups in total. The predicted octanol–water partition coefficient (Wildman–Crippen LogP) is 3.98. The van der Waals surface area contributed by atoms with Crippen LogP contribution in [0.3, 0.4) is 0 Å². The van der Waals surface area contributed by atoms with Crippen LogP contribution in [0.4, 0.5) is 10.1 Å². The molecule has 39 heavy (non-hydrogen) atoms. The molecule has 1 aliphatic heterocycles. The Kier molecular flexibility index (Phi) is 9.51. The van der Waals surface area contributed by atoms with Crippen LogP contribution in [0.5, 0.6) is 0 Å². The largest absolute Gasteiger partial charge is 0.373 e. The first kappa shape index (κ1) is 28.5. The van der Waals surface area contributed by atoms with E-state index in [9.17, 15) is 9.18 Å². The summed E-state index contributed by atoms with van der Waals surface area (Å²) in [6.45, 7) is 6.03. The molecule has 3 heterocycles. The van der Waals surface area contributed by atoms with E-state index in [0.717, 1.165) is 68.7 Å². The minimum absolute atomic E-state index is 0.0703. The van der Waals surface area contributed by atoms with Crippen LogP contribution in [0, 0.1) is 11.7 Å². The normalized spacial score (nSPS) is 21.9. The zero-order valence-corrected chi connectivity index (χ0v) is 22.6. The molecule has 1 saturated carbocycles. The van der Waals surface area contributed by atoms with Crippen LogP contribution < -0.4 is 10.6 Å². The Morgan fingerprint density at radius 3 is 2.67 bits per heavy atom. The van der Waals surface area contributed by atoms with E-state index in [1.807, 2.05) is 12.1 Å². The number of rotatable bonds is 5. The first-order valence-corrected chi connectivity index (χ1v) is 13.5. The molecule has 8 nitrogen and oxygen atoms in total. The lowest BCUT2D eigenvalue weighted by Gasteiger charge is -2.32. The molecule has 9 heteroatoms. The van der Waals surface area contributed by atoms with Crippen molar-refractivity contribution < 1.29 is 18.8 Å². The number of benzene rings is 1. The summed E-state index contributed by atoms with van der Waals surface area (Å²) >= 11 is 0. The number of carbonyl (C=O) groups excluding carboxylic acids is 3. The molecule has 1 aliphatic carbocycles. The Labute approximate surface area is 228 Å². The van der Waals surface area contributed by atoms with Crippen LogP contribution in [-0.2, 0) is 16.0 Å². The second kappa shape index (κ2) is 13.0. The molecule has 0 unspecified atom stereocenters. The molecule has 2 aliphatic rings. The Bertz CT molecular complexity index is 1330. The van der Waals surface area contributed by atoms with E-state index in [1.54, 1.807) is 24.7 Å². The summed E-state index contributed by atoms with van der Waals surface area (Å²) in [5, 5.41) is 0.398. The van der Waals surface area contributed by atoms with Gasteiger partial charge in [0.05, 0.1) is 17.4 Å². The third-order valence-electron chi connectivity index (χ3n) is 7.88. The van der Waals surface area contributed by atoms with Crippen molar-refractivity contribution in [3.05, 3.63) is 65.4 Å². The highest BCUT2D eigenvalue weighted by Gasteiger charge is 2.28. The second-order valence-corrected chi connectivity index (χ2v) is 10.9. The fourth-order valence-electron chi connectivity index (χ4n) is 6.04. The quantitative estimate of drug-likeness (QED) is 0.491. The van der Waals surface area contributed by atoms with Crippen molar-refractivity contribution in [3.8, 4) is 0 Å². The number of hydrogen-bond donors (Lipinski definition) is 1. The van der Waals surface area contributed by atoms with Crippen molar-refractivity contribution in [2.24, 2.45) is 11.7 Å². The second-order valence-electron chi connectivity index (χ2n) is 10.9. The molecule has 2 aromatic heterocycles. The zero-order valence-electron chi connectivity index (χ0n) is 22.6. The van der Waals surface area contributed by atoms with Crippen molar-refractivity contribution >= 4 is 28.5 Å². The van der Waals surface area contributed by atoms with Gasteiger partial charge in [0.1, 0.15) is 5.82 Å². The average Bonchev–Trinajstić information content (AvgIpc) is 3.13. The smallest absolute Gasteiger partial charge is 0.369 e. The van der Waals surface area contributed by atoms with Crippen LogP contribution in [-0.4, -0.2) is 66.1 Å². The summed E-state index contributed by atoms with van der Waals surface area (Å²) in [5.74, 6) is 0.460. The summed E-state index contributed by atoms with van der Waals surface area (Å²) < 4.78 is 14.9. The van der Waals surface area contributed by atoms with Crippen LogP contribution in [0.25, 0.3) is 10.9 Å². The van der Waals surface area contributed by atoms with E-state index >= 15 is 0 Å². The van der Waals surface area contributed by atoms with Gasteiger partial charge in [-0.25, -0.2) is 4.39 Å². The van der Waals surface area contributed by atoms with Crippen LogP contribution >= 0.6 is 0 Å². The lowest BCUT2D eigenvalue weighted by molar-refractivity contribution is -0.191. The molecule has 0 radical (unpaired) electrons. The van der Waals surface area contributed by atoms with Crippen molar-refractivity contribution in [1.82, 2.24) is 14.9 Å². The number of anilines is 1. The Balaban J connectivity index is 0.00000112. The highest BCUT2D eigenvalue weighted by Crippen LogP contribution is 2.37. The lowest BCUT2D eigenvalue weighted by Crippen LogP contribution is -2.31. The van der Waals surface area contributed by atoms with Crippen molar-refractivity contribution in [2.75, 3.05) is 38.1 Å². The van der Waals surface area contributed by atoms with Crippen molar-refractivity contribution in [3.63, 3.8) is 0 Å². The lowest BCUT2D eigenvalue weighted by atomic mass is 9.75. The molecular weight excluding hydrogens is 497 g/mol. The molecule has 3 aromatic rings. The first-order valence-electron chi connectivity index (χ1n) is 13.5. The number of carbonyl (C=O) groups is 1. The molecule has 0 bridgehead atoms. The number of halogens is 1. The van der Waals surface area contributed by atoms with Crippen LogP contribution in [0.1, 0.15) is 60.0 Å². The van der Waals surface area contributed by atoms with E-state index in [1.165, 1.54) is 6.07 Å². The van der Waals surface area contributed by atoms with E-state index in [4.69, 9.17) is 15.3 Å². The summed E-state index contributed by atoms with van der Waals surface area (Å²) in [7, 11) is 2.12. The van der Waals surface area contributed by atoms with Gasteiger partial charge < -0.3 is 15.5 Å². The average molecular weight is 534 g/mol. The van der Waals surface area contributed by atoms with Gasteiger partial charge in [-0.2, -0.15) is 9.59 Å². The fraction of sp³-hybridized carbons (Fsp3) is 0.467. The van der Waals surface area contributed by atoms with Gasteiger partial charge in [-0.05, 0) is 86.5 Å².